The Labute approximate surface area is 93.7 Å². The van der Waals surface area contributed by atoms with Gasteiger partial charge in [0.2, 0.25) is 0 Å². The normalized spacial score (nSPS) is 35.7. The number of amides is 1. The highest BCUT2D eigenvalue weighted by Crippen LogP contribution is 2.20. The molecule has 0 bridgehead atoms. The van der Waals surface area contributed by atoms with Crippen LogP contribution in [0.4, 0.5) is 0 Å². The summed E-state index contributed by atoms with van der Waals surface area (Å²) in [6.45, 7) is 2.82. The number of nitrogens with one attached hydrogen (secondary N) is 3. The van der Waals surface area contributed by atoms with Crippen LogP contribution in [-0.4, -0.2) is 29.5 Å². The van der Waals surface area contributed by atoms with Crippen LogP contribution in [0.2, 0.25) is 0 Å². The average Bonchev–Trinajstić information content (AvgIpc) is 2.87. The highest BCUT2D eigenvalue weighted by molar-refractivity contribution is 8.00. The number of ether oxygens (including phenoxy) is 1. The summed E-state index contributed by atoms with van der Waals surface area (Å²) >= 11 is 1.69. The minimum absolute atomic E-state index is 0.00365. The van der Waals surface area contributed by atoms with Crippen molar-refractivity contribution >= 4 is 17.7 Å². The van der Waals surface area contributed by atoms with Crippen LogP contribution in [-0.2, 0) is 9.53 Å². The second kappa shape index (κ2) is 5.16. The Bertz CT molecular complexity index is 233. The summed E-state index contributed by atoms with van der Waals surface area (Å²) in [5.41, 5.74) is 6.11. The van der Waals surface area contributed by atoms with Gasteiger partial charge in [-0.2, -0.15) is 0 Å². The van der Waals surface area contributed by atoms with E-state index in [-0.39, 0.29) is 17.5 Å². The lowest BCUT2D eigenvalue weighted by Crippen LogP contribution is -2.46. The quantitative estimate of drug-likeness (QED) is 0.645. The minimum Gasteiger partial charge on any atom is -0.368 e. The van der Waals surface area contributed by atoms with Gasteiger partial charge in [0.25, 0.3) is 5.91 Å². The molecule has 5 nitrogen and oxygen atoms in total. The molecule has 3 N–H and O–H groups in total. The fraction of sp³-hybridized carbons (Fsp3) is 0.889. The third kappa shape index (κ3) is 2.84. The number of carbonyl (C=O) groups is 1. The van der Waals surface area contributed by atoms with Gasteiger partial charge < -0.3 is 10.1 Å². The van der Waals surface area contributed by atoms with Crippen molar-refractivity contribution < 1.29 is 9.53 Å². The zero-order valence-corrected chi connectivity index (χ0v) is 9.60. The SMILES string of the molecule is CCC1NNC(NC(=O)[C@H]2CCCO2)S1. The number of hydrazine groups is 1. The van der Waals surface area contributed by atoms with E-state index < -0.39 is 0 Å². The number of thioether (sulfide) groups is 1. The molecule has 6 heteroatoms. The molecule has 2 saturated heterocycles. The molecule has 0 aromatic heterocycles. The van der Waals surface area contributed by atoms with Gasteiger partial charge in [-0.3, -0.25) is 4.79 Å². The minimum atomic E-state index is -0.243. The summed E-state index contributed by atoms with van der Waals surface area (Å²) < 4.78 is 5.31. The van der Waals surface area contributed by atoms with E-state index in [2.05, 4.69) is 23.1 Å². The van der Waals surface area contributed by atoms with Crippen molar-refractivity contribution in [3.8, 4) is 0 Å². The van der Waals surface area contributed by atoms with Crippen molar-refractivity contribution in [2.75, 3.05) is 6.61 Å². The van der Waals surface area contributed by atoms with E-state index in [1.54, 1.807) is 11.8 Å². The van der Waals surface area contributed by atoms with Crippen LogP contribution in [0.1, 0.15) is 26.2 Å². The molecule has 86 valence electrons. The van der Waals surface area contributed by atoms with Gasteiger partial charge in [0.05, 0.1) is 5.37 Å². The molecule has 2 aliphatic heterocycles. The molecule has 0 aliphatic carbocycles. The molecule has 0 radical (unpaired) electrons. The van der Waals surface area contributed by atoms with Crippen LogP contribution in [0.3, 0.4) is 0 Å². The van der Waals surface area contributed by atoms with Gasteiger partial charge in [0.15, 0.2) is 0 Å². The monoisotopic (exact) mass is 231 g/mol. The van der Waals surface area contributed by atoms with Gasteiger partial charge in [-0.1, -0.05) is 18.7 Å². The molecule has 3 atom stereocenters. The maximum atomic E-state index is 11.7. The fourth-order valence-electron chi connectivity index (χ4n) is 1.68. The van der Waals surface area contributed by atoms with Crippen LogP contribution >= 0.6 is 11.8 Å². The molecule has 0 spiro atoms. The van der Waals surface area contributed by atoms with Gasteiger partial charge >= 0.3 is 0 Å². The molecule has 2 heterocycles. The standard InChI is InChI=1S/C9H17N3O2S/c1-2-7-11-12-9(15-7)10-8(13)6-4-3-5-14-6/h6-7,9,11-12H,2-5H2,1H3,(H,10,13)/t6-,7?,9?/m1/s1. The first-order valence-electron chi connectivity index (χ1n) is 5.38. The van der Waals surface area contributed by atoms with Crippen LogP contribution in [0.5, 0.6) is 0 Å². The van der Waals surface area contributed by atoms with E-state index in [9.17, 15) is 4.79 Å². The summed E-state index contributed by atoms with van der Waals surface area (Å²) in [7, 11) is 0. The average molecular weight is 231 g/mol. The topological polar surface area (TPSA) is 62.4 Å². The van der Waals surface area contributed by atoms with Crippen molar-refractivity contribution in [1.82, 2.24) is 16.2 Å². The molecule has 2 fully saturated rings. The van der Waals surface area contributed by atoms with Crippen molar-refractivity contribution in [3.05, 3.63) is 0 Å². The van der Waals surface area contributed by atoms with E-state index in [1.807, 2.05) is 0 Å². The van der Waals surface area contributed by atoms with Gasteiger partial charge in [0, 0.05) is 6.61 Å². The molecule has 0 aromatic rings. The number of hydrogen-bond acceptors (Lipinski definition) is 5. The van der Waals surface area contributed by atoms with E-state index in [0.29, 0.717) is 12.0 Å². The maximum absolute atomic E-state index is 11.7. The molecule has 2 unspecified atom stereocenters. The Morgan fingerprint density at radius 2 is 2.47 bits per heavy atom. The Morgan fingerprint density at radius 3 is 3.07 bits per heavy atom. The highest BCUT2D eigenvalue weighted by Gasteiger charge is 2.29. The Morgan fingerprint density at radius 1 is 1.60 bits per heavy atom. The first-order chi connectivity index (χ1) is 7.29. The summed E-state index contributed by atoms with van der Waals surface area (Å²) in [6.07, 6.45) is 2.62. The smallest absolute Gasteiger partial charge is 0.251 e. The van der Waals surface area contributed by atoms with Crippen LogP contribution in [0, 0.1) is 0 Å². The number of hydrogen-bond donors (Lipinski definition) is 3. The first-order valence-corrected chi connectivity index (χ1v) is 6.32. The van der Waals surface area contributed by atoms with Gasteiger partial charge in [-0.15, -0.1) is 0 Å². The molecular formula is C9H17N3O2S. The first kappa shape index (κ1) is 11.2. The van der Waals surface area contributed by atoms with Crippen molar-refractivity contribution in [2.45, 2.75) is 43.2 Å². The van der Waals surface area contributed by atoms with Crippen molar-refractivity contribution in [1.29, 1.82) is 0 Å². The molecule has 2 aliphatic rings. The second-order valence-corrected chi connectivity index (χ2v) is 5.02. The number of rotatable bonds is 3. The van der Waals surface area contributed by atoms with E-state index in [1.165, 1.54) is 0 Å². The summed E-state index contributed by atoms with van der Waals surface area (Å²) in [5.74, 6) is -0.00365. The largest absolute Gasteiger partial charge is 0.368 e. The van der Waals surface area contributed by atoms with Crippen molar-refractivity contribution in [2.24, 2.45) is 0 Å². The highest BCUT2D eigenvalue weighted by atomic mass is 32.2. The second-order valence-electron chi connectivity index (χ2n) is 3.71. The maximum Gasteiger partial charge on any atom is 0.251 e. The summed E-state index contributed by atoms with van der Waals surface area (Å²) in [4.78, 5) is 11.7. The molecule has 0 aromatic carbocycles. The molecule has 15 heavy (non-hydrogen) atoms. The van der Waals surface area contributed by atoms with E-state index >= 15 is 0 Å². The molecule has 0 saturated carbocycles. The predicted molar refractivity (Wildman–Crippen MR) is 58.8 cm³/mol. The zero-order chi connectivity index (χ0) is 10.7. The zero-order valence-electron chi connectivity index (χ0n) is 8.79. The third-order valence-corrected chi connectivity index (χ3v) is 3.83. The summed E-state index contributed by atoms with van der Waals surface area (Å²) in [5, 5.41) is 3.29. The fourth-order valence-corrected chi connectivity index (χ4v) is 2.65. The van der Waals surface area contributed by atoms with E-state index in [4.69, 9.17) is 4.74 Å². The lowest BCUT2D eigenvalue weighted by Gasteiger charge is -2.14. The third-order valence-electron chi connectivity index (χ3n) is 2.54. The lowest BCUT2D eigenvalue weighted by molar-refractivity contribution is -0.130. The van der Waals surface area contributed by atoms with Crippen LogP contribution < -0.4 is 16.2 Å². The van der Waals surface area contributed by atoms with Crippen molar-refractivity contribution in [3.63, 3.8) is 0 Å². The van der Waals surface area contributed by atoms with Gasteiger partial charge in [-0.25, -0.2) is 10.9 Å². The van der Waals surface area contributed by atoms with Gasteiger partial charge in [-0.05, 0) is 19.3 Å². The molecular weight excluding hydrogens is 214 g/mol. The lowest BCUT2D eigenvalue weighted by atomic mass is 10.2. The van der Waals surface area contributed by atoms with Crippen LogP contribution in [0.15, 0.2) is 0 Å². The number of carbonyl (C=O) groups excluding carboxylic acids is 1. The molecule has 2 rings (SSSR count). The predicted octanol–water partition coefficient (Wildman–Crippen LogP) is 0.142. The Balaban J connectivity index is 1.74. The molecule has 1 amide bonds. The van der Waals surface area contributed by atoms with Crippen LogP contribution in [0.25, 0.3) is 0 Å². The Kier molecular flexibility index (Phi) is 3.85. The van der Waals surface area contributed by atoms with Gasteiger partial charge in [0.1, 0.15) is 11.6 Å². The van der Waals surface area contributed by atoms with E-state index in [0.717, 1.165) is 19.3 Å². The summed E-state index contributed by atoms with van der Waals surface area (Å²) in [6, 6.07) is 0. The Hall–Kier alpha value is -0.300.